The van der Waals surface area contributed by atoms with Gasteiger partial charge in [-0.15, -0.1) is 0 Å². The molecule has 0 aliphatic heterocycles. The molecule has 0 fully saturated rings. The first kappa shape index (κ1) is 14.4. The number of carboxylic acids is 1. The molecular formula is C13H13F3N2O2. The Morgan fingerprint density at radius 2 is 2.05 bits per heavy atom. The number of alkyl halides is 3. The Hall–Kier alpha value is -2.05. The summed E-state index contributed by atoms with van der Waals surface area (Å²) >= 11 is 0. The van der Waals surface area contributed by atoms with Crippen LogP contribution in [0.2, 0.25) is 0 Å². The predicted octanol–water partition coefficient (Wildman–Crippen LogP) is 2.94. The Morgan fingerprint density at radius 1 is 1.40 bits per heavy atom. The minimum Gasteiger partial charge on any atom is -0.481 e. The molecule has 0 radical (unpaired) electrons. The average Bonchev–Trinajstić information content (AvgIpc) is 2.69. The van der Waals surface area contributed by atoms with E-state index in [1.165, 1.54) is 18.3 Å². The highest BCUT2D eigenvalue weighted by Gasteiger charge is 2.45. The quantitative estimate of drug-likeness (QED) is 0.943. The fourth-order valence-electron chi connectivity index (χ4n) is 2.21. The van der Waals surface area contributed by atoms with Crippen molar-refractivity contribution in [2.24, 2.45) is 13.0 Å². The van der Waals surface area contributed by atoms with Crippen LogP contribution < -0.4 is 0 Å². The second-order valence-electron chi connectivity index (χ2n) is 4.73. The van der Waals surface area contributed by atoms with Gasteiger partial charge in [-0.25, -0.2) is 0 Å². The molecule has 7 heteroatoms. The van der Waals surface area contributed by atoms with E-state index in [0.29, 0.717) is 5.39 Å². The van der Waals surface area contributed by atoms with Crippen LogP contribution >= 0.6 is 0 Å². The van der Waals surface area contributed by atoms with Crippen molar-refractivity contribution in [3.63, 3.8) is 0 Å². The van der Waals surface area contributed by atoms with Gasteiger partial charge in [0, 0.05) is 12.4 Å². The van der Waals surface area contributed by atoms with Gasteiger partial charge in [0.05, 0.1) is 23.5 Å². The number of fused-ring (bicyclic) bond motifs is 1. The molecule has 0 bridgehead atoms. The molecule has 4 nitrogen and oxygen atoms in total. The number of rotatable bonds is 3. The lowest BCUT2D eigenvalue weighted by Crippen LogP contribution is -2.31. The number of halogens is 3. The van der Waals surface area contributed by atoms with E-state index in [-0.39, 0.29) is 5.56 Å². The number of hydrogen-bond donors (Lipinski definition) is 1. The van der Waals surface area contributed by atoms with Crippen LogP contribution in [-0.2, 0) is 11.8 Å². The van der Waals surface area contributed by atoms with Crippen LogP contribution in [0, 0.1) is 5.92 Å². The van der Waals surface area contributed by atoms with Crippen LogP contribution in [-0.4, -0.2) is 27.0 Å². The van der Waals surface area contributed by atoms with Crippen molar-refractivity contribution in [2.45, 2.75) is 19.0 Å². The molecule has 2 rings (SSSR count). The molecule has 1 aromatic carbocycles. The van der Waals surface area contributed by atoms with E-state index in [9.17, 15) is 18.0 Å². The van der Waals surface area contributed by atoms with Crippen molar-refractivity contribution in [3.8, 4) is 0 Å². The van der Waals surface area contributed by atoms with Crippen molar-refractivity contribution in [2.75, 3.05) is 0 Å². The van der Waals surface area contributed by atoms with Crippen LogP contribution in [0.4, 0.5) is 13.2 Å². The van der Waals surface area contributed by atoms with E-state index < -0.39 is 24.0 Å². The number of carboxylic acid groups (broad SMARTS) is 1. The zero-order valence-electron chi connectivity index (χ0n) is 10.8. The molecule has 1 heterocycles. The summed E-state index contributed by atoms with van der Waals surface area (Å²) in [4.78, 5) is 11.2. The summed E-state index contributed by atoms with van der Waals surface area (Å²) < 4.78 is 39.9. The van der Waals surface area contributed by atoms with Gasteiger partial charge in [-0.3, -0.25) is 9.48 Å². The van der Waals surface area contributed by atoms with Crippen LogP contribution in [0.3, 0.4) is 0 Å². The number of benzene rings is 1. The zero-order valence-corrected chi connectivity index (χ0v) is 10.8. The number of carbonyl (C=O) groups is 1. The van der Waals surface area contributed by atoms with E-state index in [0.717, 1.165) is 12.4 Å². The fourth-order valence-corrected chi connectivity index (χ4v) is 2.21. The van der Waals surface area contributed by atoms with Gasteiger partial charge in [-0.1, -0.05) is 13.0 Å². The molecule has 0 unspecified atom stereocenters. The topological polar surface area (TPSA) is 55.1 Å². The molecule has 20 heavy (non-hydrogen) atoms. The molecule has 0 saturated carbocycles. The molecule has 2 aromatic rings. The van der Waals surface area contributed by atoms with Gasteiger partial charge in [-0.05, 0) is 17.7 Å². The van der Waals surface area contributed by atoms with Gasteiger partial charge in [0.1, 0.15) is 0 Å². The number of aliphatic carboxylic acids is 1. The minimum absolute atomic E-state index is 0.128. The molecule has 1 aromatic heterocycles. The van der Waals surface area contributed by atoms with Gasteiger partial charge < -0.3 is 5.11 Å². The smallest absolute Gasteiger partial charge is 0.392 e. The van der Waals surface area contributed by atoms with Crippen molar-refractivity contribution >= 4 is 16.9 Å². The molecule has 108 valence electrons. The van der Waals surface area contributed by atoms with E-state index in [1.54, 1.807) is 17.8 Å². The Balaban J connectivity index is 2.49. The van der Waals surface area contributed by atoms with E-state index in [1.807, 2.05) is 0 Å². The second-order valence-corrected chi connectivity index (χ2v) is 4.73. The highest BCUT2D eigenvalue weighted by molar-refractivity contribution is 5.83. The summed E-state index contributed by atoms with van der Waals surface area (Å²) in [5.74, 6) is -5.08. The van der Waals surface area contributed by atoms with Crippen LogP contribution in [0.5, 0.6) is 0 Å². The van der Waals surface area contributed by atoms with Crippen molar-refractivity contribution in [3.05, 3.63) is 30.0 Å². The molecule has 0 aliphatic carbocycles. The minimum atomic E-state index is -4.56. The first-order chi connectivity index (χ1) is 9.21. The monoisotopic (exact) mass is 286 g/mol. The number of aromatic nitrogens is 2. The lowest BCUT2D eigenvalue weighted by molar-refractivity contribution is -0.183. The first-order valence-corrected chi connectivity index (χ1v) is 5.93. The maximum absolute atomic E-state index is 12.8. The molecule has 2 atom stereocenters. The third kappa shape index (κ3) is 2.48. The second kappa shape index (κ2) is 4.81. The summed E-state index contributed by atoms with van der Waals surface area (Å²) in [6.07, 6.45) is -3.07. The third-order valence-corrected chi connectivity index (χ3v) is 3.41. The van der Waals surface area contributed by atoms with E-state index >= 15 is 0 Å². The van der Waals surface area contributed by atoms with Crippen molar-refractivity contribution < 1.29 is 23.1 Å². The SMILES string of the molecule is C[C@H]([C@H](C(=O)O)c1ccc2c(cnn2C)c1)C(F)(F)F. The summed E-state index contributed by atoms with van der Waals surface area (Å²) in [5, 5.41) is 13.7. The molecular weight excluding hydrogens is 273 g/mol. The summed E-state index contributed by atoms with van der Waals surface area (Å²) in [5.41, 5.74) is 0.861. The van der Waals surface area contributed by atoms with Crippen LogP contribution in [0.15, 0.2) is 24.4 Å². The Morgan fingerprint density at radius 3 is 2.60 bits per heavy atom. The van der Waals surface area contributed by atoms with Crippen molar-refractivity contribution in [1.29, 1.82) is 0 Å². The Bertz CT molecular complexity index is 649. The van der Waals surface area contributed by atoms with Gasteiger partial charge in [0.15, 0.2) is 0 Å². The molecule has 1 N–H and O–H groups in total. The average molecular weight is 286 g/mol. The molecule has 0 spiro atoms. The lowest BCUT2D eigenvalue weighted by atomic mass is 9.86. The summed E-state index contributed by atoms with van der Waals surface area (Å²) in [7, 11) is 1.70. The van der Waals surface area contributed by atoms with Crippen molar-refractivity contribution in [1.82, 2.24) is 9.78 Å². The maximum atomic E-state index is 12.8. The standard InChI is InChI=1S/C13H13F3N2O2/c1-7(13(14,15)16)11(12(19)20)8-3-4-10-9(5-8)6-17-18(10)2/h3-7,11H,1-2H3,(H,19,20)/t7-,11+/m1/s1. The molecule has 0 saturated heterocycles. The maximum Gasteiger partial charge on any atom is 0.392 e. The Kier molecular flexibility index (Phi) is 3.45. The predicted molar refractivity (Wildman–Crippen MR) is 66.3 cm³/mol. The number of aryl methyl sites for hydroxylation is 1. The number of hydrogen-bond acceptors (Lipinski definition) is 2. The van der Waals surface area contributed by atoms with Gasteiger partial charge in [-0.2, -0.15) is 18.3 Å². The van der Waals surface area contributed by atoms with Gasteiger partial charge in [0.2, 0.25) is 0 Å². The normalized spacial score (nSPS) is 15.2. The largest absolute Gasteiger partial charge is 0.481 e. The zero-order chi connectivity index (χ0) is 15.1. The Labute approximate surface area is 112 Å². The summed E-state index contributed by atoms with van der Waals surface area (Å²) in [6, 6.07) is 4.44. The van der Waals surface area contributed by atoms with Crippen LogP contribution in [0.25, 0.3) is 10.9 Å². The first-order valence-electron chi connectivity index (χ1n) is 5.93. The number of nitrogens with zero attached hydrogens (tertiary/aromatic N) is 2. The molecule has 0 amide bonds. The summed E-state index contributed by atoms with van der Waals surface area (Å²) in [6.45, 7) is 0.881. The lowest BCUT2D eigenvalue weighted by Gasteiger charge is -2.23. The molecule has 0 aliphatic rings. The third-order valence-electron chi connectivity index (χ3n) is 3.41. The van der Waals surface area contributed by atoms with E-state index in [4.69, 9.17) is 5.11 Å². The van der Waals surface area contributed by atoms with Gasteiger partial charge >= 0.3 is 12.1 Å². The van der Waals surface area contributed by atoms with Crippen LogP contribution in [0.1, 0.15) is 18.4 Å². The van der Waals surface area contributed by atoms with Gasteiger partial charge in [0.25, 0.3) is 0 Å². The fraction of sp³-hybridized carbons (Fsp3) is 0.385. The highest BCUT2D eigenvalue weighted by Crippen LogP contribution is 2.38. The van der Waals surface area contributed by atoms with E-state index in [2.05, 4.69) is 5.10 Å². The highest BCUT2D eigenvalue weighted by atomic mass is 19.4.